The molecule has 2 atom stereocenters. The van der Waals surface area contributed by atoms with E-state index in [0.29, 0.717) is 12.1 Å². The number of rotatable bonds is 0. The summed E-state index contributed by atoms with van der Waals surface area (Å²) in [5, 5.41) is 3.42. The van der Waals surface area contributed by atoms with Gasteiger partial charge in [0.2, 0.25) is 0 Å². The van der Waals surface area contributed by atoms with Crippen LogP contribution in [-0.4, -0.2) is 41.8 Å². The maximum Gasteiger partial charge on any atom is 0.410 e. The van der Waals surface area contributed by atoms with Gasteiger partial charge in [0, 0.05) is 19.1 Å². The van der Waals surface area contributed by atoms with Gasteiger partial charge in [-0.25, -0.2) is 4.79 Å². The molecule has 4 nitrogen and oxygen atoms in total. The van der Waals surface area contributed by atoms with E-state index in [1.54, 1.807) is 0 Å². The van der Waals surface area contributed by atoms with Crippen molar-refractivity contribution in [2.75, 3.05) is 13.1 Å². The first-order chi connectivity index (χ1) is 6.97. The highest BCUT2D eigenvalue weighted by molar-refractivity contribution is 5.69. The van der Waals surface area contributed by atoms with Gasteiger partial charge >= 0.3 is 6.09 Å². The Labute approximate surface area is 91.0 Å². The number of carbonyl (C=O) groups excluding carboxylic acids is 1. The van der Waals surface area contributed by atoms with Gasteiger partial charge in [-0.15, -0.1) is 0 Å². The highest BCUT2D eigenvalue weighted by atomic mass is 16.6. The molecule has 0 bridgehead atoms. The van der Waals surface area contributed by atoms with Crippen molar-refractivity contribution >= 4 is 6.09 Å². The molecule has 86 valence electrons. The van der Waals surface area contributed by atoms with E-state index in [2.05, 4.69) is 5.32 Å². The molecule has 1 N–H and O–H groups in total. The van der Waals surface area contributed by atoms with Gasteiger partial charge in [0.05, 0.1) is 6.04 Å². The summed E-state index contributed by atoms with van der Waals surface area (Å²) in [6.45, 7) is 7.39. The van der Waals surface area contributed by atoms with E-state index in [-0.39, 0.29) is 11.7 Å². The summed E-state index contributed by atoms with van der Waals surface area (Å²) in [6, 6.07) is 0.875. The SMILES string of the molecule is CC(C)(C)OC(=O)N1CCN[C@@H]2CC[C@H]21. The standard InChI is InChI=1S/C11H20N2O2/c1-11(2,3)15-10(14)13-7-6-12-8-4-5-9(8)13/h8-9,12H,4-7H2,1-3H3/t8-,9-/m1/s1. The van der Waals surface area contributed by atoms with E-state index in [9.17, 15) is 4.79 Å². The number of hydrogen-bond acceptors (Lipinski definition) is 3. The van der Waals surface area contributed by atoms with E-state index in [4.69, 9.17) is 4.74 Å². The Morgan fingerprint density at radius 1 is 1.40 bits per heavy atom. The zero-order chi connectivity index (χ0) is 11.1. The summed E-state index contributed by atoms with van der Waals surface area (Å²) in [5.41, 5.74) is -0.388. The second kappa shape index (κ2) is 3.67. The number of ether oxygens (including phenoxy) is 1. The molecule has 2 rings (SSSR count). The van der Waals surface area contributed by atoms with Crippen molar-refractivity contribution in [3.63, 3.8) is 0 Å². The molecule has 1 aliphatic carbocycles. The van der Waals surface area contributed by atoms with Gasteiger partial charge in [-0.3, -0.25) is 0 Å². The number of amides is 1. The number of nitrogens with zero attached hydrogens (tertiary/aromatic N) is 1. The third kappa shape index (κ3) is 2.25. The number of fused-ring (bicyclic) bond motifs is 1. The molecule has 4 heteroatoms. The van der Waals surface area contributed by atoms with Crippen LogP contribution in [0.3, 0.4) is 0 Å². The van der Waals surface area contributed by atoms with Crippen LogP contribution in [0.2, 0.25) is 0 Å². The molecule has 0 aromatic carbocycles. The van der Waals surface area contributed by atoms with E-state index in [1.165, 1.54) is 6.42 Å². The molecule has 0 aromatic rings. The predicted molar refractivity (Wildman–Crippen MR) is 57.8 cm³/mol. The lowest BCUT2D eigenvalue weighted by Gasteiger charge is -2.48. The summed E-state index contributed by atoms with van der Waals surface area (Å²) >= 11 is 0. The lowest BCUT2D eigenvalue weighted by molar-refractivity contribution is -0.0104. The second-order valence-corrected chi connectivity index (χ2v) is 5.38. The quantitative estimate of drug-likeness (QED) is 0.659. The molecule has 1 saturated carbocycles. The van der Waals surface area contributed by atoms with Gasteiger partial charge in [-0.05, 0) is 33.6 Å². The molecule has 1 heterocycles. The zero-order valence-electron chi connectivity index (χ0n) is 9.75. The number of carbonyl (C=O) groups is 1. The minimum absolute atomic E-state index is 0.154. The van der Waals surface area contributed by atoms with Crippen molar-refractivity contribution in [1.29, 1.82) is 0 Å². The third-order valence-corrected chi connectivity index (χ3v) is 3.03. The average molecular weight is 212 g/mol. The minimum atomic E-state index is -0.388. The topological polar surface area (TPSA) is 41.6 Å². The van der Waals surface area contributed by atoms with Gasteiger partial charge in [-0.1, -0.05) is 0 Å². The number of nitrogens with one attached hydrogen (secondary N) is 1. The summed E-state index contributed by atoms with van der Waals surface area (Å²) in [4.78, 5) is 13.8. The maximum absolute atomic E-state index is 11.9. The van der Waals surface area contributed by atoms with Crippen LogP contribution in [0.5, 0.6) is 0 Å². The molecule has 0 unspecified atom stereocenters. The van der Waals surface area contributed by atoms with Crippen molar-refractivity contribution in [2.24, 2.45) is 0 Å². The summed E-state index contributed by atoms with van der Waals surface area (Å²) in [6.07, 6.45) is 2.14. The lowest BCUT2D eigenvalue weighted by Crippen LogP contribution is -2.65. The summed E-state index contributed by atoms with van der Waals surface area (Å²) in [5.74, 6) is 0. The summed E-state index contributed by atoms with van der Waals surface area (Å²) < 4.78 is 5.39. The van der Waals surface area contributed by atoms with Crippen molar-refractivity contribution in [2.45, 2.75) is 51.3 Å². The Balaban J connectivity index is 1.94. The molecule has 15 heavy (non-hydrogen) atoms. The van der Waals surface area contributed by atoms with Crippen LogP contribution in [0.25, 0.3) is 0 Å². The van der Waals surface area contributed by atoms with Crippen LogP contribution in [-0.2, 0) is 4.74 Å². The Hall–Kier alpha value is -0.770. The normalized spacial score (nSPS) is 30.5. The van der Waals surface area contributed by atoms with Crippen LogP contribution in [0.4, 0.5) is 4.79 Å². The van der Waals surface area contributed by atoms with Crippen molar-refractivity contribution < 1.29 is 9.53 Å². The van der Waals surface area contributed by atoms with Crippen LogP contribution in [0.1, 0.15) is 33.6 Å². The van der Waals surface area contributed by atoms with Crippen molar-refractivity contribution in [3.05, 3.63) is 0 Å². The monoisotopic (exact) mass is 212 g/mol. The van der Waals surface area contributed by atoms with Gasteiger partial charge in [0.1, 0.15) is 5.60 Å². The second-order valence-electron chi connectivity index (χ2n) is 5.38. The smallest absolute Gasteiger partial charge is 0.410 e. The minimum Gasteiger partial charge on any atom is -0.444 e. The Bertz CT molecular complexity index is 260. The Morgan fingerprint density at radius 3 is 2.67 bits per heavy atom. The molecule has 1 amide bonds. The first kappa shape index (κ1) is 10.7. The van der Waals surface area contributed by atoms with Crippen LogP contribution >= 0.6 is 0 Å². The molecular formula is C11H20N2O2. The van der Waals surface area contributed by atoms with Crippen molar-refractivity contribution in [3.8, 4) is 0 Å². The molecule has 0 radical (unpaired) electrons. The first-order valence-corrected chi connectivity index (χ1v) is 5.70. The van der Waals surface area contributed by atoms with Gasteiger partial charge in [0.25, 0.3) is 0 Å². The van der Waals surface area contributed by atoms with Crippen molar-refractivity contribution in [1.82, 2.24) is 10.2 Å². The van der Waals surface area contributed by atoms with Gasteiger partial charge in [0.15, 0.2) is 0 Å². The number of hydrogen-bond donors (Lipinski definition) is 1. The zero-order valence-corrected chi connectivity index (χ0v) is 9.75. The van der Waals surface area contributed by atoms with Gasteiger partial charge < -0.3 is 15.0 Å². The fraction of sp³-hybridized carbons (Fsp3) is 0.909. The maximum atomic E-state index is 11.9. The van der Waals surface area contributed by atoms with E-state index in [0.717, 1.165) is 19.5 Å². The van der Waals surface area contributed by atoms with Crippen LogP contribution in [0.15, 0.2) is 0 Å². The highest BCUT2D eigenvalue weighted by Crippen LogP contribution is 2.29. The fourth-order valence-corrected chi connectivity index (χ4v) is 2.18. The Morgan fingerprint density at radius 2 is 2.13 bits per heavy atom. The third-order valence-electron chi connectivity index (χ3n) is 3.03. The molecular weight excluding hydrogens is 192 g/mol. The fourth-order valence-electron chi connectivity index (χ4n) is 2.18. The molecule has 1 saturated heterocycles. The van der Waals surface area contributed by atoms with Gasteiger partial charge in [-0.2, -0.15) is 0 Å². The van der Waals surface area contributed by atoms with E-state index in [1.807, 2.05) is 25.7 Å². The first-order valence-electron chi connectivity index (χ1n) is 5.70. The lowest BCUT2D eigenvalue weighted by atomic mass is 9.83. The Kier molecular flexibility index (Phi) is 2.63. The highest BCUT2D eigenvalue weighted by Gasteiger charge is 2.41. The number of piperazine rings is 1. The average Bonchev–Trinajstić information content (AvgIpc) is 2.03. The molecule has 1 aliphatic heterocycles. The molecule has 2 fully saturated rings. The molecule has 0 aromatic heterocycles. The predicted octanol–water partition coefficient (Wildman–Crippen LogP) is 1.36. The molecule has 0 spiro atoms. The van der Waals surface area contributed by atoms with E-state index >= 15 is 0 Å². The van der Waals surface area contributed by atoms with Crippen LogP contribution in [0, 0.1) is 0 Å². The molecule has 2 aliphatic rings. The van der Waals surface area contributed by atoms with E-state index < -0.39 is 0 Å². The largest absolute Gasteiger partial charge is 0.444 e. The summed E-state index contributed by atoms with van der Waals surface area (Å²) in [7, 11) is 0. The van der Waals surface area contributed by atoms with Crippen LogP contribution < -0.4 is 5.32 Å².